The molecule has 1 aromatic carbocycles. The second-order valence-corrected chi connectivity index (χ2v) is 7.12. The van der Waals surface area contributed by atoms with Crippen molar-refractivity contribution in [1.29, 1.82) is 0 Å². The fourth-order valence-corrected chi connectivity index (χ4v) is 3.21. The van der Waals surface area contributed by atoms with E-state index in [1.807, 2.05) is 0 Å². The largest absolute Gasteiger partial charge is 0.463 e. The van der Waals surface area contributed by atoms with Crippen LogP contribution < -0.4 is 10.7 Å². The van der Waals surface area contributed by atoms with Crippen molar-refractivity contribution in [2.24, 2.45) is 9.98 Å². The van der Waals surface area contributed by atoms with Crippen LogP contribution in [0, 0.1) is 0 Å². The van der Waals surface area contributed by atoms with Crippen LogP contribution in [-0.4, -0.2) is 33.3 Å². The van der Waals surface area contributed by atoms with Crippen molar-refractivity contribution < 1.29 is 18.4 Å². The monoisotopic (exact) mass is 441 g/mol. The first-order chi connectivity index (χ1) is 15.9. The Morgan fingerprint density at radius 3 is 2.67 bits per heavy atom. The van der Waals surface area contributed by atoms with Gasteiger partial charge < -0.3 is 14.2 Å². The minimum atomic E-state index is -0.696. The topological polar surface area (TPSA) is 132 Å². The van der Waals surface area contributed by atoms with Gasteiger partial charge in [0.05, 0.1) is 22.9 Å². The smallest absolute Gasteiger partial charge is 0.292 e. The lowest BCUT2D eigenvalue weighted by Crippen LogP contribution is -2.25. The number of amides is 2. The molecule has 162 valence electrons. The van der Waals surface area contributed by atoms with Crippen LogP contribution >= 0.6 is 0 Å². The third kappa shape index (κ3) is 3.59. The molecule has 1 N–H and O–H groups in total. The first-order valence-corrected chi connectivity index (χ1v) is 9.77. The summed E-state index contributed by atoms with van der Waals surface area (Å²) in [5.74, 6) is -0.950. The number of carbonyl (C=O) groups excluding carboxylic acids is 2. The summed E-state index contributed by atoms with van der Waals surface area (Å²) in [6.45, 7) is 5.27. The van der Waals surface area contributed by atoms with Gasteiger partial charge in [-0.05, 0) is 31.2 Å². The Balaban J connectivity index is 1.57. The van der Waals surface area contributed by atoms with Gasteiger partial charge in [-0.25, -0.2) is 4.99 Å². The Hall–Kier alpha value is -4.86. The molecule has 0 bridgehead atoms. The van der Waals surface area contributed by atoms with E-state index < -0.39 is 11.8 Å². The fourth-order valence-electron chi connectivity index (χ4n) is 3.21. The summed E-state index contributed by atoms with van der Waals surface area (Å²) >= 11 is 0. The molecule has 5 rings (SSSR count). The van der Waals surface area contributed by atoms with Crippen molar-refractivity contribution in [3.05, 3.63) is 82.9 Å². The fraction of sp³-hybridized carbons (Fsp3) is 0.0435. The lowest BCUT2D eigenvalue weighted by Gasteiger charge is -2.12. The lowest BCUT2D eigenvalue weighted by molar-refractivity contribution is -0.113. The number of aliphatic imine (C=N–C) groups is 2. The number of carbonyl (C=O) groups is 2. The van der Waals surface area contributed by atoms with Gasteiger partial charge in [-0.15, -0.1) is 0 Å². The van der Waals surface area contributed by atoms with E-state index >= 15 is 0 Å². The zero-order valence-corrected chi connectivity index (χ0v) is 17.2. The quantitative estimate of drug-likeness (QED) is 0.485. The average molecular weight is 441 g/mol. The normalized spacial score (nSPS) is 13.7. The molecule has 2 amide bonds. The number of aromatic nitrogens is 2. The SMILES string of the molecule is C=C1C(=O)N=C(n2nc(-c3ccco3)cc2NC(=O)c2cc(=O)c3ccccc3o2)N=C1C. The van der Waals surface area contributed by atoms with Crippen LogP contribution in [0.2, 0.25) is 0 Å². The van der Waals surface area contributed by atoms with Crippen molar-refractivity contribution >= 4 is 40.3 Å². The van der Waals surface area contributed by atoms with Gasteiger partial charge >= 0.3 is 0 Å². The third-order valence-corrected chi connectivity index (χ3v) is 4.94. The molecule has 0 saturated carbocycles. The summed E-state index contributed by atoms with van der Waals surface area (Å²) in [4.78, 5) is 45.7. The highest BCUT2D eigenvalue weighted by molar-refractivity contribution is 6.28. The molecule has 0 aliphatic carbocycles. The van der Waals surface area contributed by atoms with E-state index in [0.29, 0.717) is 22.6 Å². The van der Waals surface area contributed by atoms with Crippen LogP contribution in [0.5, 0.6) is 0 Å². The van der Waals surface area contributed by atoms with Gasteiger partial charge in [0.2, 0.25) is 0 Å². The summed E-state index contributed by atoms with van der Waals surface area (Å²) in [5, 5.41) is 7.38. The molecule has 1 aliphatic heterocycles. The highest BCUT2D eigenvalue weighted by atomic mass is 16.3. The predicted octanol–water partition coefficient (Wildman–Crippen LogP) is 3.26. The standard InChI is InChI=1S/C23H15N5O5/c1-12-13(2)24-23(26-21(12)30)28-20(10-15(27-28)18-8-5-9-32-18)25-22(31)19-11-16(29)14-6-3-4-7-17(14)33-19/h3-11H,1H2,2H3,(H,25,31). The summed E-state index contributed by atoms with van der Waals surface area (Å²) in [7, 11) is 0. The van der Waals surface area contributed by atoms with Gasteiger partial charge in [-0.2, -0.15) is 14.8 Å². The zero-order chi connectivity index (χ0) is 23.1. The minimum absolute atomic E-state index is 0.0574. The van der Waals surface area contributed by atoms with E-state index in [1.165, 1.54) is 17.0 Å². The van der Waals surface area contributed by atoms with E-state index in [4.69, 9.17) is 8.83 Å². The maximum Gasteiger partial charge on any atom is 0.292 e. The number of hydrogen-bond acceptors (Lipinski definition) is 7. The van der Waals surface area contributed by atoms with Crippen LogP contribution in [0.15, 0.2) is 90.6 Å². The molecule has 0 saturated heterocycles. The van der Waals surface area contributed by atoms with Gasteiger partial charge in [0, 0.05) is 12.1 Å². The molecule has 4 aromatic rings. The molecule has 0 unspecified atom stereocenters. The molecule has 0 fully saturated rings. The molecular weight excluding hydrogens is 426 g/mol. The number of nitrogens with zero attached hydrogens (tertiary/aromatic N) is 4. The van der Waals surface area contributed by atoms with Crippen LogP contribution in [0.25, 0.3) is 22.4 Å². The van der Waals surface area contributed by atoms with Crippen molar-refractivity contribution in [2.75, 3.05) is 5.32 Å². The Morgan fingerprint density at radius 2 is 1.91 bits per heavy atom. The first-order valence-electron chi connectivity index (χ1n) is 9.77. The van der Waals surface area contributed by atoms with Gasteiger partial charge in [0.1, 0.15) is 17.1 Å². The number of fused-ring (bicyclic) bond motifs is 1. The molecule has 10 heteroatoms. The Bertz CT molecular complexity index is 1570. The molecule has 1 aliphatic rings. The molecule has 0 radical (unpaired) electrons. The number of para-hydroxylation sites is 1. The van der Waals surface area contributed by atoms with E-state index in [1.54, 1.807) is 43.3 Å². The highest BCUT2D eigenvalue weighted by Gasteiger charge is 2.24. The second kappa shape index (κ2) is 7.68. The molecule has 4 heterocycles. The number of anilines is 1. The van der Waals surface area contributed by atoms with Crippen molar-refractivity contribution in [3.8, 4) is 11.5 Å². The van der Waals surface area contributed by atoms with E-state index in [0.717, 1.165) is 6.07 Å². The molecular formula is C23H15N5O5. The molecule has 0 atom stereocenters. The van der Waals surface area contributed by atoms with Gasteiger partial charge in [0.15, 0.2) is 16.9 Å². The van der Waals surface area contributed by atoms with Crippen LogP contribution in [0.3, 0.4) is 0 Å². The number of benzene rings is 1. The molecule has 33 heavy (non-hydrogen) atoms. The lowest BCUT2D eigenvalue weighted by atomic mass is 10.2. The summed E-state index contributed by atoms with van der Waals surface area (Å²) < 4.78 is 12.2. The number of furan rings is 1. The van der Waals surface area contributed by atoms with Crippen molar-refractivity contribution in [2.45, 2.75) is 6.92 Å². The molecule has 10 nitrogen and oxygen atoms in total. The van der Waals surface area contributed by atoms with Crippen molar-refractivity contribution in [3.63, 3.8) is 0 Å². The Kier molecular flexibility index (Phi) is 4.67. The molecule has 0 spiro atoms. The highest BCUT2D eigenvalue weighted by Crippen LogP contribution is 2.24. The van der Waals surface area contributed by atoms with Gasteiger partial charge in [0.25, 0.3) is 17.8 Å². The summed E-state index contributed by atoms with van der Waals surface area (Å²) in [5.41, 5.74) is 0.829. The maximum atomic E-state index is 13.0. The van der Waals surface area contributed by atoms with Crippen LogP contribution in [0.4, 0.5) is 5.82 Å². The predicted molar refractivity (Wildman–Crippen MR) is 120 cm³/mol. The average Bonchev–Trinajstić information content (AvgIpc) is 3.47. The number of rotatable bonds is 3. The minimum Gasteiger partial charge on any atom is -0.463 e. The van der Waals surface area contributed by atoms with Crippen LogP contribution in [0.1, 0.15) is 17.5 Å². The summed E-state index contributed by atoms with van der Waals surface area (Å²) in [6, 6.07) is 12.6. The van der Waals surface area contributed by atoms with E-state index in [9.17, 15) is 14.4 Å². The van der Waals surface area contributed by atoms with Crippen molar-refractivity contribution in [1.82, 2.24) is 9.78 Å². The van der Waals surface area contributed by atoms with Gasteiger partial charge in [-0.3, -0.25) is 14.4 Å². The number of hydrogen-bond donors (Lipinski definition) is 1. The van der Waals surface area contributed by atoms with E-state index in [2.05, 4.69) is 27.0 Å². The number of nitrogens with one attached hydrogen (secondary N) is 1. The third-order valence-electron chi connectivity index (χ3n) is 4.94. The summed E-state index contributed by atoms with van der Waals surface area (Å²) in [6.07, 6.45) is 1.48. The van der Waals surface area contributed by atoms with Gasteiger partial charge in [-0.1, -0.05) is 18.7 Å². The van der Waals surface area contributed by atoms with E-state index in [-0.39, 0.29) is 34.1 Å². The Morgan fingerprint density at radius 1 is 1.09 bits per heavy atom. The maximum absolute atomic E-state index is 13.0. The zero-order valence-electron chi connectivity index (χ0n) is 17.2. The first kappa shape index (κ1) is 20.1. The molecule has 3 aromatic heterocycles. The second-order valence-electron chi connectivity index (χ2n) is 7.12. The Labute approximate surface area is 185 Å². The van der Waals surface area contributed by atoms with Crippen LogP contribution in [-0.2, 0) is 4.79 Å².